The Morgan fingerprint density at radius 1 is 0.500 bits per heavy atom. The number of azo groups is 2. The second-order valence-electron chi connectivity index (χ2n) is 19.6. The van der Waals surface area contributed by atoms with E-state index in [-0.39, 0.29) is 84.7 Å². The molecular formula is C54H54N6O10. The molecule has 0 saturated carbocycles. The summed E-state index contributed by atoms with van der Waals surface area (Å²) < 4.78 is 12.8. The summed E-state index contributed by atoms with van der Waals surface area (Å²) in [7, 11) is 0. The summed E-state index contributed by atoms with van der Waals surface area (Å²) in [5.74, 6) is 0.153. The van der Waals surface area contributed by atoms with Crippen molar-refractivity contribution < 1.29 is 39.1 Å². The monoisotopic (exact) mass is 946 g/mol. The molecule has 7 rings (SSSR count). The number of Topliss-reactive ketones (excluding diaryl/α,β-unsaturated/α-hetero) is 2. The molecule has 16 heteroatoms. The third kappa shape index (κ3) is 11.9. The molecule has 16 nitrogen and oxygen atoms in total. The van der Waals surface area contributed by atoms with Gasteiger partial charge in [0.1, 0.15) is 36.2 Å². The summed E-state index contributed by atoms with van der Waals surface area (Å²) in [6.45, 7) is 14.6. The van der Waals surface area contributed by atoms with Gasteiger partial charge in [0, 0.05) is 72.2 Å². The molecular weight excluding hydrogens is 893 g/mol. The van der Waals surface area contributed by atoms with Crippen molar-refractivity contribution in [3.8, 4) is 23.0 Å². The molecule has 2 N–H and O–H groups in total. The fourth-order valence-corrected chi connectivity index (χ4v) is 8.15. The van der Waals surface area contributed by atoms with Gasteiger partial charge >= 0.3 is 0 Å². The van der Waals surface area contributed by atoms with E-state index in [0.717, 1.165) is 11.1 Å². The third-order valence-corrected chi connectivity index (χ3v) is 11.7. The molecule has 0 aromatic heterocycles. The number of ketones is 2. The van der Waals surface area contributed by atoms with Crippen LogP contribution >= 0.6 is 0 Å². The number of nitro benzene ring substituents is 2. The number of nitro groups is 2. The van der Waals surface area contributed by atoms with Gasteiger partial charge in [0.15, 0.2) is 11.6 Å². The van der Waals surface area contributed by atoms with Crippen molar-refractivity contribution in [1.29, 1.82) is 0 Å². The van der Waals surface area contributed by atoms with Gasteiger partial charge in [0.05, 0.1) is 32.6 Å². The second-order valence-corrected chi connectivity index (χ2v) is 19.6. The van der Waals surface area contributed by atoms with Crippen LogP contribution in [0.4, 0.5) is 34.1 Å². The maximum absolute atomic E-state index is 12.6. The Bertz CT molecular complexity index is 2820. The van der Waals surface area contributed by atoms with Crippen LogP contribution in [0, 0.1) is 20.2 Å². The summed E-state index contributed by atoms with van der Waals surface area (Å²) in [6.07, 6.45) is 0.273. The Labute approximate surface area is 405 Å². The topological polar surface area (TPSA) is 229 Å². The lowest BCUT2D eigenvalue weighted by atomic mass is 9.81. The maximum Gasteiger partial charge on any atom is 0.271 e. The molecule has 360 valence electrons. The van der Waals surface area contributed by atoms with Gasteiger partial charge in [0.2, 0.25) is 0 Å². The Kier molecular flexibility index (Phi) is 14.4. The van der Waals surface area contributed by atoms with Crippen LogP contribution in [-0.2, 0) is 46.1 Å². The summed E-state index contributed by atoms with van der Waals surface area (Å²) in [4.78, 5) is 47.4. The zero-order chi connectivity index (χ0) is 50.7. The summed E-state index contributed by atoms with van der Waals surface area (Å²) in [6, 6.07) is 26.2. The van der Waals surface area contributed by atoms with Crippen molar-refractivity contribution in [1.82, 2.24) is 0 Å². The normalized spacial score (nSPS) is 12.8. The van der Waals surface area contributed by atoms with Crippen LogP contribution in [0.3, 0.4) is 0 Å². The van der Waals surface area contributed by atoms with E-state index in [0.29, 0.717) is 67.4 Å². The standard InChI is InChI=1S/C54H54N6O10/c1-31(61)29-69-51-37-15-33-23-45(57-55-43-11-9-13-47(27-43)59(65)66)25-35(49(33)63)17-39-21-42(54(6,7)8)22-40(52(39)70-30-32(2)62)18-36-26-46(58-56-44-12-10-14-48(28-44)60(67)68)24-34(50(36)64)16-38(51)20-41(19-37)53(3,4)5/h9-14,19-28,63-64H,15-18,29-30H2,1-8H3. The van der Waals surface area contributed by atoms with Gasteiger partial charge in [-0.3, -0.25) is 29.8 Å². The largest absolute Gasteiger partial charge is 0.507 e. The van der Waals surface area contributed by atoms with E-state index in [2.05, 4.69) is 62.0 Å². The summed E-state index contributed by atoms with van der Waals surface area (Å²) in [5.41, 5.74) is 5.97. The van der Waals surface area contributed by atoms with E-state index < -0.39 is 20.7 Å². The van der Waals surface area contributed by atoms with E-state index >= 15 is 0 Å². The van der Waals surface area contributed by atoms with Crippen LogP contribution in [0.1, 0.15) is 111 Å². The average molecular weight is 947 g/mol. The van der Waals surface area contributed by atoms with E-state index in [1.165, 1.54) is 50.2 Å². The minimum atomic E-state index is -0.516. The lowest BCUT2D eigenvalue weighted by Crippen LogP contribution is -2.16. The van der Waals surface area contributed by atoms with Crippen LogP contribution in [0.25, 0.3) is 0 Å². The summed E-state index contributed by atoms with van der Waals surface area (Å²) >= 11 is 0. The molecule has 6 aromatic carbocycles. The minimum absolute atomic E-state index is 0.0523. The Morgan fingerprint density at radius 2 is 0.800 bits per heavy atom. The first kappa shape index (κ1) is 49.8. The molecule has 1 aliphatic rings. The molecule has 0 fully saturated rings. The predicted molar refractivity (Wildman–Crippen MR) is 265 cm³/mol. The minimum Gasteiger partial charge on any atom is -0.507 e. The van der Waals surface area contributed by atoms with Crippen LogP contribution in [0.2, 0.25) is 0 Å². The Hall–Kier alpha value is -8.14. The Morgan fingerprint density at radius 3 is 1.07 bits per heavy atom. The van der Waals surface area contributed by atoms with Crippen molar-refractivity contribution >= 4 is 45.7 Å². The molecule has 0 atom stereocenters. The van der Waals surface area contributed by atoms with Crippen molar-refractivity contribution in [2.24, 2.45) is 20.5 Å². The lowest BCUT2D eigenvalue weighted by molar-refractivity contribution is -0.385. The third-order valence-electron chi connectivity index (χ3n) is 11.7. The number of fused-ring (bicyclic) bond motifs is 8. The second kappa shape index (κ2) is 20.2. The molecule has 0 unspecified atom stereocenters. The van der Waals surface area contributed by atoms with Gasteiger partial charge in [-0.2, -0.15) is 20.5 Å². The average Bonchev–Trinajstić information content (AvgIpc) is 3.28. The van der Waals surface area contributed by atoms with E-state index in [9.17, 15) is 40.0 Å². The highest BCUT2D eigenvalue weighted by atomic mass is 16.6. The summed E-state index contributed by atoms with van der Waals surface area (Å²) in [5, 5.41) is 65.9. The van der Waals surface area contributed by atoms with Crippen LogP contribution in [-0.4, -0.2) is 44.8 Å². The molecule has 6 aromatic rings. The zero-order valence-electron chi connectivity index (χ0n) is 40.3. The van der Waals surface area contributed by atoms with Gasteiger partial charge in [-0.05, 0) is 94.5 Å². The van der Waals surface area contributed by atoms with Crippen molar-refractivity contribution in [2.45, 2.75) is 91.9 Å². The van der Waals surface area contributed by atoms with Crippen LogP contribution in [0.5, 0.6) is 23.0 Å². The number of benzene rings is 6. The lowest BCUT2D eigenvalue weighted by Gasteiger charge is -2.26. The molecule has 0 amide bonds. The van der Waals surface area contributed by atoms with Crippen molar-refractivity contribution in [3.63, 3.8) is 0 Å². The number of carbonyl (C=O) groups is 2. The fraction of sp³-hybridized carbons (Fsp3) is 0.296. The SMILES string of the molecule is CC(=O)COc1c2cc(C(C)(C)C)cc1Cc1cc(N=Nc3cccc([N+](=O)[O-])c3)cc(c1O)Cc1cc(C(C)(C)C)cc(c1OCC(C)=O)Cc1cc(N=Nc3cccc([N+](=O)[O-])c3)cc(c1O)C2. The van der Waals surface area contributed by atoms with E-state index in [1.54, 1.807) is 36.4 Å². The first-order chi connectivity index (χ1) is 33.0. The molecule has 1 aliphatic carbocycles. The fourth-order valence-electron chi connectivity index (χ4n) is 8.15. The number of non-ortho nitro benzene ring substituents is 2. The first-order valence-electron chi connectivity index (χ1n) is 22.6. The van der Waals surface area contributed by atoms with Gasteiger partial charge in [-0.15, -0.1) is 0 Å². The molecule has 0 saturated heterocycles. The molecule has 0 heterocycles. The first-order valence-corrected chi connectivity index (χ1v) is 22.6. The number of ether oxygens (including phenoxy) is 2. The molecule has 0 radical (unpaired) electrons. The predicted octanol–water partition coefficient (Wildman–Crippen LogP) is 13.0. The number of hydrogen-bond donors (Lipinski definition) is 2. The molecule has 0 aliphatic heterocycles. The number of rotatable bonds is 12. The number of nitrogens with zero attached hydrogens (tertiary/aromatic N) is 6. The van der Waals surface area contributed by atoms with E-state index in [1.807, 2.05) is 24.3 Å². The Balaban J connectivity index is 1.54. The number of aromatic hydroxyl groups is 2. The van der Waals surface area contributed by atoms with Crippen LogP contribution in [0.15, 0.2) is 118 Å². The molecule has 8 bridgehead atoms. The highest BCUT2D eigenvalue weighted by Crippen LogP contribution is 2.44. The maximum atomic E-state index is 12.6. The van der Waals surface area contributed by atoms with Crippen molar-refractivity contribution in [3.05, 3.63) is 173 Å². The van der Waals surface area contributed by atoms with E-state index in [4.69, 9.17) is 9.47 Å². The van der Waals surface area contributed by atoms with Crippen molar-refractivity contribution in [2.75, 3.05) is 13.2 Å². The zero-order valence-corrected chi connectivity index (χ0v) is 40.3. The smallest absolute Gasteiger partial charge is 0.271 e. The number of phenolic OH excluding ortho intramolecular Hbond substituents is 2. The quantitative estimate of drug-likeness (QED) is 0.0668. The molecule has 70 heavy (non-hydrogen) atoms. The van der Waals surface area contributed by atoms with Crippen LogP contribution < -0.4 is 9.47 Å². The van der Waals surface area contributed by atoms with Gasteiger partial charge in [-0.1, -0.05) is 77.9 Å². The molecule has 0 spiro atoms. The highest BCUT2D eigenvalue weighted by Gasteiger charge is 2.27. The van der Waals surface area contributed by atoms with Gasteiger partial charge in [0.25, 0.3) is 11.4 Å². The number of phenols is 2. The number of carbonyl (C=O) groups excluding carboxylic acids is 2. The van der Waals surface area contributed by atoms with Gasteiger partial charge in [-0.25, -0.2) is 0 Å². The highest BCUT2D eigenvalue weighted by molar-refractivity contribution is 5.78. The number of hydrogen-bond acceptors (Lipinski definition) is 14. The van der Waals surface area contributed by atoms with Gasteiger partial charge < -0.3 is 19.7 Å².